The smallest absolute Gasteiger partial charge is 0.331 e. The first-order valence-electron chi connectivity index (χ1n) is 4.22. The van der Waals surface area contributed by atoms with Gasteiger partial charge in [-0.3, -0.25) is 5.84 Å². The summed E-state index contributed by atoms with van der Waals surface area (Å²) in [5.41, 5.74) is 3.96. The zero-order valence-corrected chi connectivity index (χ0v) is 8.88. The number of rotatable bonds is 3. The lowest BCUT2D eigenvalue weighted by Crippen LogP contribution is -2.06. The number of aliphatic carboxylic acids is 1. The minimum atomic E-state index is -0.975. The number of hydrazine groups is 1. The summed E-state index contributed by atoms with van der Waals surface area (Å²) >= 11 is 5.90. The van der Waals surface area contributed by atoms with Gasteiger partial charge in [-0.2, -0.15) is 0 Å². The van der Waals surface area contributed by atoms with Gasteiger partial charge in [-0.1, -0.05) is 11.6 Å². The number of carboxylic acid groups (broad SMARTS) is 1. The molecule has 4 N–H and O–H groups in total. The molecular formula is C10H11ClN2O2. The molecular weight excluding hydrogens is 216 g/mol. The summed E-state index contributed by atoms with van der Waals surface area (Å²) in [7, 11) is 0. The van der Waals surface area contributed by atoms with Crippen molar-refractivity contribution in [1.29, 1.82) is 0 Å². The van der Waals surface area contributed by atoms with Gasteiger partial charge in [0.05, 0.1) is 0 Å². The number of nitrogens with one attached hydrogen (secondary N) is 1. The minimum Gasteiger partial charge on any atom is -0.478 e. The lowest BCUT2D eigenvalue weighted by atomic mass is 10.1. The van der Waals surface area contributed by atoms with Crippen molar-refractivity contribution in [3.8, 4) is 0 Å². The van der Waals surface area contributed by atoms with Crippen molar-refractivity contribution in [3.05, 3.63) is 34.4 Å². The van der Waals surface area contributed by atoms with Crippen LogP contribution in [0.2, 0.25) is 5.02 Å². The second-order valence-corrected chi connectivity index (χ2v) is 3.42. The van der Waals surface area contributed by atoms with Crippen molar-refractivity contribution in [2.24, 2.45) is 5.84 Å². The van der Waals surface area contributed by atoms with E-state index in [-0.39, 0.29) is 5.57 Å². The van der Waals surface area contributed by atoms with Crippen LogP contribution in [0.25, 0.3) is 6.08 Å². The predicted octanol–water partition coefficient (Wildman–Crippen LogP) is 2.11. The molecule has 15 heavy (non-hydrogen) atoms. The second-order valence-electron chi connectivity index (χ2n) is 3.01. The Kier molecular flexibility index (Phi) is 3.71. The third-order valence-corrected chi connectivity index (χ3v) is 2.22. The number of nitrogen functional groups attached to an aromatic ring is 1. The number of nitrogens with two attached hydrogens (primary N) is 1. The van der Waals surface area contributed by atoms with Crippen LogP contribution in [-0.2, 0) is 4.79 Å². The summed E-state index contributed by atoms with van der Waals surface area (Å²) < 4.78 is 0. The van der Waals surface area contributed by atoms with Gasteiger partial charge in [0.15, 0.2) is 0 Å². The fourth-order valence-electron chi connectivity index (χ4n) is 1.04. The van der Waals surface area contributed by atoms with Crippen molar-refractivity contribution >= 4 is 29.3 Å². The zero-order chi connectivity index (χ0) is 11.4. The Bertz CT molecular complexity index is 416. The van der Waals surface area contributed by atoms with Gasteiger partial charge < -0.3 is 10.5 Å². The van der Waals surface area contributed by atoms with Crippen molar-refractivity contribution in [3.63, 3.8) is 0 Å². The highest BCUT2D eigenvalue weighted by Gasteiger charge is 2.03. The summed E-state index contributed by atoms with van der Waals surface area (Å²) in [6.07, 6.45) is 1.49. The van der Waals surface area contributed by atoms with Gasteiger partial charge in [-0.25, -0.2) is 4.79 Å². The molecule has 0 spiro atoms. The molecule has 0 aromatic heterocycles. The molecule has 0 bridgehead atoms. The molecule has 0 aliphatic carbocycles. The van der Waals surface area contributed by atoms with Crippen LogP contribution in [0.3, 0.4) is 0 Å². The van der Waals surface area contributed by atoms with Gasteiger partial charge in [0.1, 0.15) is 0 Å². The largest absolute Gasteiger partial charge is 0.478 e. The van der Waals surface area contributed by atoms with E-state index in [1.165, 1.54) is 13.0 Å². The van der Waals surface area contributed by atoms with E-state index in [4.69, 9.17) is 22.6 Å². The molecule has 1 rings (SSSR count). The standard InChI is InChI=1S/C10H11ClN2O2/c1-6(10(14)15)4-7-5-8(13-12)2-3-9(7)11/h2-5,13H,12H2,1H3,(H,14,15)/b6-4-. The predicted molar refractivity (Wildman–Crippen MR) is 60.5 cm³/mol. The molecule has 0 aliphatic rings. The maximum atomic E-state index is 10.6. The summed E-state index contributed by atoms with van der Waals surface area (Å²) in [5, 5.41) is 9.19. The monoisotopic (exact) mass is 226 g/mol. The zero-order valence-electron chi connectivity index (χ0n) is 8.12. The van der Waals surface area contributed by atoms with E-state index in [9.17, 15) is 4.79 Å². The van der Waals surface area contributed by atoms with Crippen molar-refractivity contribution in [2.45, 2.75) is 6.92 Å². The number of hydrogen-bond acceptors (Lipinski definition) is 3. The van der Waals surface area contributed by atoms with E-state index in [2.05, 4.69) is 5.43 Å². The molecule has 0 fully saturated rings. The van der Waals surface area contributed by atoms with Gasteiger partial charge >= 0.3 is 5.97 Å². The molecule has 1 aromatic carbocycles. The molecule has 0 unspecified atom stereocenters. The Morgan fingerprint density at radius 2 is 2.27 bits per heavy atom. The third kappa shape index (κ3) is 2.97. The minimum absolute atomic E-state index is 0.214. The Hall–Kier alpha value is -1.52. The molecule has 1 aromatic rings. The van der Waals surface area contributed by atoms with Crippen LogP contribution in [0.4, 0.5) is 5.69 Å². The quantitative estimate of drug-likeness (QED) is 0.419. The molecule has 0 atom stereocenters. The first kappa shape index (κ1) is 11.6. The highest BCUT2D eigenvalue weighted by atomic mass is 35.5. The highest BCUT2D eigenvalue weighted by Crippen LogP contribution is 2.22. The normalized spacial score (nSPS) is 11.3. The summed E-state index contributed by atoms with van der Waals surface area (Å²) in [6, 6.07) is 5.03. The lowest BCUT2D eigenvalue weighted by molar-refractivity contribution is -0.132. The molecule has 0 heterocycles. The van der Waals surface area contributed by atoms with E-state index in [1.807, 2.05) is 0 Å². The van der Waals surface area contributed by atoms with E-state index in [1.54, 1.807) is 18.2 Å². The van der Waals surface area contributed by atoms with Crippen LogP contribution in [0.15, 0.2) is 23.8 Å². The number of halogens is 1. The average Bonchev–Trinajstić information content (AvgIpc) is 2.21. The maximum Gasteiger partial charge on any atom is 0.331 e. The lowest BCUT2D eigenvalue weighted by Gasteiger charge is -2.04. The molecule has 80 valence electrons. The molecule has 0 radical (unpaired) electrons. The molecule has 5 heteroatoms. The average molecular weight is 227 g/mol. The van der Waals surface area contributed by atoms with Crippen molar-refractivity contribution < 1.29 is 9.90 Å². The van der Waals surface area contributed by atoms with Crippen molar-refractivity contribution in [1.82, 2.24) is 0 Å². The van der Waals surface area contributed by atoms with Crippen LogP contribution in [-0.4, -0.2) is 11.1 Å². The summed E-state index contributed by atoms with van der Waals surface area (Å²) in [5.74, 6) is 4.25. The Morgan fingerprint density at radius 1 is 1.60 bits per heavy atom. The number of hydrogen-bond donors (Lipinski definition) is 3. The van der Waals surface area contributed by atoms with Crippen LogP contribution < -0.4 is 11.3 Å². The number of benzene rings is 1. The van der Waals surface area contributed by atoms with Gasteiger partial charge in [-0.15, -0.1) is 0 Å². The van der Waals surface area contributed by atoms with Crippen LogP contribution >= 0.6 is 11.6 Å². The number of anilines is 1. The third-order valence-electron chi connectivity index (χ3n) is 1.87. The molecule has 0 amide bonds. The molecule has 0 aliphatic heterocycles. The van der Waals surface area contributed by atoms with Crippen molar-refractivity contribution in [2.75, 3.05) is 5.43 Å². The van der Waals surface area contributed by atoms with Gasteiger partial charge in [-0.05, 0) is 36.8 Å². The maximum absolute atomic E-state index is 10.6. The Morgan fingerprint density at radius 3 is 2.80 bits per heavy atom. The topological polar surface area (TPSA) is 75.3 Å². The Labute approximate surface area is 92.3 Å². The van der Waals surface area contributed by atoms with E-state index in [0.717, 1.165) is 0 Å². The van der Waals surface area contributed by atoms with Gasteiger partial charge in [0.25, 0.3) is 0 Å². The second kappa shape index (κ2) is 4.82. The van der Waals surface area contributed by atoms with Crippen LogP contribution in [0.5, 0.6) is 0 Å². The highest BCUT2D eigenvalue weighted by molar-refractivity contribution is 6.32. The van der Waals surface area contributed by atoms with Crippen LogP contribution in [0, 0.1) is 0 Å². The van der Waals surface area contributed by atoms with E-state index < -0.39 is 5.97 Å². The SMILES string of the molecule is C/C(=C/c1cc(NN)ccc1Cl)C(=O)O. The van der Waals surface area contributed by atoms with E-state index in [0.29, 0.717) is 16.3 Å². The summed E-state index contributed by atoms with van der Waals surface area (Å²) in [4.78, 5) is 10.6. The fourth-order valence-corrected chi connectivity index (χ4v) is 1.21. The summed E-state index contributed by atoms with van der Waals surface area (Å²) in [6.45, 7) is 1.50. The van der Waals surface area contributed by atoms with E-state index >= 15 is 0 Å². The first-order chi connectivity index (χ1) is 7.04. The van der Waals surface area contributed by atoms with Crippen LogP contribution in [0.1, 0.15) is 12.5 Å². The van der Waals surface area contributed by atoms with Gasteiger partial charge in [0, 0.05) is 16.3 Å². The number of carbonyl (C=O) groups is 1. The Balaban J connectivity index is 3.13. The molecule has 0 saturated carbocycles. The van der Waals surface area contributed by atoms with Gasteiger partial charge in [0.2, 0.25) is 0 Å². The fraction of sp³-hybridized carbons (Fsp3) is 0.100. The molecule has 4 nitrogen and oxygen atoms in total. The number of carboxylic acids is 1. The first-order valence-corrected chi connectivity index (χ1v) is 4.60. The molecule has 0 saturated heterocycles.